The lowest BCUT2D eigenvalue weighted by molar-refractivity contribution is -0.690. The molecular formula is C14H16N4O3S. The lowest BCUT2D eigenvalue weighted by atomic mass is 10.0. The van der Waals surface area contributed by atoms with E-state index in [1.807, 2.05) is 30.8 Å². The Morgan fingerprint density at radius 1 is 1.50 bits per heavy atom. The van der Waals surface area contributed by atoms with Crippen LogP contribution in [0.3, 0.4) is 0 Å². The summed E-state index contributed by atoms with van der Waals surface area (Å²) < 4.78 is 1.88. The zero-order valence-corrected chi connectivity index (χ0v) is 13.1. The molecule has 1 fully saturated rings. The standard InChI is InChI=1S/C14H16N4O3S/c1-7-3-17(4-8(2)16-7)5-9-6-22-13-10(15)12(19)18(13)11(9)14(20)21/h3-4,10,13H,5-6,15H2,1-2H3/t10?,13-/m0/s1. The Bertz CT molecular complexity index is 683. The van der Waals surface area contributed by atoms with Gasteiger partial charge in [-0.25, -0.2) is 4.98 Å². The van der Waals surface area contributed by atoms with E-state index in [-0.39, 0.29) is 17.0 Å². The smallest absolute Gasteiger partial charge is 0.248 e. The van der Waals surface area contributed by atoms with Crippen LogP contribution in [-0.4, -0.2) is 38.9 Å². The van der Waals surface area contributed by atoms with Crippen LogP contribution in [0.2, 0.25) is 0 Å². The Balaban J connectivity index is 1.96. The quantitative estimate of drug-likeness (QED) is 0.522. The Kier molecular flexibility index (Phi) is 3.65. The molecule has 0 radical (unpaired) electrons. The second-order valence-corrected chi connectivity index (χ2v) is 6.61. The minimum Gasteiger partial charge on any atom is -0.543 e. The summed E-state index contributed by atoms with van der Waals surface area (Å²) >= 11 is 1.48. The van der Waals surface area contributed by atoms with E-state index in [1.54, 1.807) is 0 Å². The number of aryl methyl sites for hydroxylation is 2. The van der Waals surface area contributed by atoms with Gasteiger partial charge in [0.25, 0.3) is 0 Å². The summed E-state index contributed by atoms with van der Waals surface area (Å²) in [7, 11) is 0. The average molecular weight is 320 g/mol. The van der Waals surface area contributed by atoms with Gasteiger partial charge in [0.05, 0.1) is 11.7 Å². The zero-order chi connectivity index (χ0) is 16.0. The number of carbonyl (C=O) groups excluding carboxylic acids is 2. The third-order valence-electron chi connectivity index (χ3n) is 3.71. The van der Waals surface area contributed by atoms with Crippen molar-refractivity contribution in [3.05, 3.63) is 35.1 Å². The molecule has 2 atom stereocenters. The third-order valence-corrected chi connectivity index (χ3v) is 5.07. The number of hydrogen-bond donors (Lipinski definition) is 1. The van der Waals surface area contributed by atoms with Crippen LogP contribution in [0.5, 0.6) is 0 Å². The normalized spacial score (nSPS) is 24.1. The van der Waals surface area contributed by atoms with Crippen LogP contribution >= 0.6 is 11.8 Å². The van der Waals surface area contributed by atoms with Crippen molar-refractivity contribution in [2.24, 2.45) is 5.73 Å². The summed E-state index contributed by atoms with van der Waals surface area (Å²) in [4.78, 5) is 28.9. The first-order chi connectivity index (χ1) is 10.4. The van der Waals surface area contributed by atoms with Crippen LogP contribution in [-0.2, 0) is 16.1 Å². The van der Waals surface area contributed by atoms with Crippen LogP contribution in [0.25, 0.3) is 0 Å². The van der Waals surface area contributed by atoms with Crippen molar-refractivity contribution >= 4 is 23.6 Å². The van der Waals surface area contributed by atoms with Crippen LogP contribution in [0.15, 0.2) is 23.7 Å². The number of nitrogens with zero attached hydrogens (tertiary/aromatic N) is 3. The highest BCUT2D eigenvalue weighted by molar-refractivity contribution is 8.00. The SMILES string of the molecule is Cc1c[n+](CC2=C(C(=O)[O-])N3C(=O)C(N)[C@@H]3SC2)cc(C)n1. The van der Waals surface area contributed by atoms with Crippen LogP contribution in [0, 0.1) is 13.8 Å². The number of amides is 1. The molecular weight excluding hydrogens is 304 g/mol. The van der Waals surface area contributed by atoms with Gasteiger partial charge in [0.1, 0.15) is 22.8 Å². The molecule has 0 aromatic carbocycles. The molecule has 8 heteroatoms. The number of fused-ring (bicyclic) bond motifs is 1. The molecule has 0 spiro atoms. The number of nitrogens with two attached hydrogens (primary N) is 1. The van der Waals surface area contributed by atoms with E-state index in [0.717, 1.165) is 11.4 Å². The lowest BCUT2D eigenvalue weighted by Crippen LogP contribution is -2.69. The van der Waals surface area contributed by atoms with Crippen molar-refractivity contribution < 1.29 is 19.3 Å². The van der Waals surface area contributed by atoms with E-state index in [2.05, 4.69) is 4.98 Å². The second-order valence-electron chi connectivity index (χ2n) is 5.50. The van der Waals surface area contributed by atoms with Gasteiger partial charge in [-0.15, -0.1) is 11.8 Å². The Hall–Kier alpha value is -1.93. The van der Waals surface area contributed by atoms with Gasteiger partial charge < -0.3 is 15.6 Å². The van der Waals surface area contributed by atoms with Crippen molar-refractivity contribution in [1.29, 1.82) is 0 Å². The predicted molar refractivity (Wildman–Crippen MR) is 77.0 cm³/mol. The predicted octanol–water partition coefficient (Wildman–Crippen LogP) is -1.77. The van der Waals surface area contributed by atoms with Crippen molar-refractivity contribution in [1.82, 2.24) is 9.88 Å². The number of aromatic nitrogens is 2. The largest absolute Gasteiger partial charge is 0.543 e. The Labute approximate surface area is 131 Å². The van der Waals surface area contributed by atoms with Gasteiger partial charge >= 0.3 is 0 Å². The molecule has 2 aliphatic heterocycles. The number of rotatable bonds is 3. The molecule has 2 aliphatic rings. The van der Waals surface area contributed by atoms with Crippen LogP contribution in [0.4, 0.5) is 0 Å². The highest BCUT2D eigenvalue weighted by Gasteiger charge is 2.50. The molecule has 1 amide bonds. The van der Waals surface area contributed by atoms with Gasteiger partial charge in [0, 0.05) is 11.3 Å². The van der Waals surface area contributed by atoms with E-state index < -0.39 is 12.0 Å². The first-order valence-corrected chi connectivity index (χ1v) is 7.91. The molecule has 1 aromatic rings. The molecule has 0 bridgehead atoms. The summed E-state index contributed by atoms with van der Waals surface area (Å²) in [6, 6.07) is -0.626. The maximum Gasteiger partial charge on any atom is 0.248 e. The van der Waals surface area contributed by atoms with Crippen molar-refractivity contribution in [2.75, 3.05) is 5.75 Å². The van der Waals surface area contributed by atoms with Gasteiger partial charge in [0.15, 0.2) is 18.9 Å². The van der Waals surface area contributed by atoms with Gasteiger partial charge in [0.2, 0.25) is 5.91 Å². The number of hydrogen-bond acceptors (Lipinski definition) is 6. The topological polar surface area (TPSA) is 103 Å². The molecule has 0 saturated carbocycles. The number of carbonyl (C=O) groups is 2. The molecule has 116 valence electrons. The Morgan fingerprint density at radius 3 is 2.73 bits per heavy atom. The number of carboxylic acid groups (broad SMARTS) is 1. The first-order valence-electron chi connectivity index (χ1n) is 6.86. The Morgan fingerprint density at radius 2 is 2.14 bits per heavy atom. The van der Waals surface area contributed by atoms with Crippen molar-refractivity contribution in [2.45, 2.75) is 31.8 Å². The lowest BCUT2D eigenvalue weighted by Gasteiger charge is -2.49. The fraction of sp³-hybridized carbons (Fsp3) is 0.429. The summed E-state index contributed by atoms with van der Waals surface area (Å²) in [6.07, 6.45) is 3.68. The average Bonchev–Trinajstić information content (AvgIpc) is 2.44. The maximum absolute atomic E-state index is 11.9. The molecule has 3 heterocycles. The van der Waals surface area contributed by atoms with E-state index in [9.17, 15) is 14.7 Å². The van der Waals surface area contributed by atoms with Crippen molar-refractivity contribution in [3.8, 4) is 0 Å². The molecule has 2 N–H and O–H groups in total. The number of aliphatic carboxylic acids is 1. The monoisotopic (exact) mass is 320 g/mol. The van der Waals surface area contributed by atoms with Gasteiger partial charge in [-0.05, 0) is 13.8 Å². The summed E-state index contributed by atoms with van der Waals surface area (Å²) in [5.74, 6) is -1.18. The van der Waals surface area contributed by atoms with E-state index in [0.29, 0.717) is 17.9 Å². The van der Waals surface area contributed by atoms with E-state index in [1.165, 1.54) is 16.7 Å². The molecule has 3 rings (SSSR count). The molecule has 22 heavy (non-hydrogen) atoms. The molecule has 1 unspecified atom stereocenters. The highest BCUT2D eigenvalue weighted by atomic mass is 32.2. The highest BCUT2D eigenvalue weighted by Crippen LogP contribution is 2.39. The third kappa shape index (κ3) is 2.38. The van der Waals surface area contributed by atoms with E-state index in [4.69, 9.17) is 5.73 Å². The minimum atomic E-state index is -1.33. The maximum atomic E-state index is 11.9. The first kappa shape index (κ1) is 15.0. The number of carboxylic acids is 1. The van der Waals surface area contributed by atoms with E-state index >= 15 is 0 Å². The molecule has 1 saturated heterocycles. The van der Waals surface area contributed by atoms with Crippen LogP contribution in [0.1, 0.15) is 11.4 Å². The van der Waals surface area contributed by atoms with Gasteiger partial charge in [-0.3, -0.25) is 9.69 Å². The summed E-state index contributed by atoms with van der Waals surface area (Å²) in [5, 5.41) is 11.2. The zero-order valence-electron chi connectivity index (χ0n) is 12.3. The minimum absolute atomic E-state index is 0.0323. The van der Waals surface area contributed by atoms with Crippen LogP contribution < -0.4 is 15.4 Å². The fourth-order valence-electron chi connectivity index (χ4n) is 2.85. The van der Waals surface area contributed by atoms with Gasteiger partial charge in [-0.1, -0.05) is 0 Å². The second kappa shape index (κ2) is 5.36. The number of β-lactam (4-membered cyclic amide) rings is 1. The summed E-state index contributed by atoms with van der Waals surface area (Å²) in [6.45, 7) is 4.13. The molecule has 1 aromatic heterocycles. The fourth-order valence-corrected chi connectivity index (χ4v) is 4.14. The van der Waals surface area contributed by atoms with Gasteiger partial charge in [-0.2, -0.15) is 4.57 Å². The molecule has 7 nitrogen and oxygen atoms in total. The van der Waals surface area contributed by atoms with Crippen molar-refractivity contribution in [3.63, 3.8) is 0 Å². The molecule has 0 aliphatic carbocycles. The number of thioether (sulfide) groups is 1. The summed E-state index contributed by atoms with van der Waals surface area (Å²) in [5.41, 5.74) is 8.03.